The molecule has 0 radical (unpaired) electrons. The standard InChI is InChI=1S/C13H13N5O2S2/c1-6(21-13-18-17-7(2)22-13)11(19)14-8-3-4-9-10(5-8)16-12(20)15-9/h3-6H,1-2H3,(H,14,19)(H2,15,16,20)/t6-/m1/s1. The molecule has 0 fully saturated rings. The van der Waals surface area contributed by atoms with Gasteiger partial charge >= 0.3 is 5.69 Å². The number of fused-ring (bicyclic) bond motifs is 1. The minimum absolute atomic E-state index is 0.130. The molecule has 9 heteroatoms. The number of H-pyrrole nitrogens is 2. The predicted octanol–water partition coefficient (Wildman–Crippen LogP) is 2.14. The van der Waals surface area contributed by atoms with E-state index in [1.807, 2.05) is 13.8 Å². The number of rotatable bonds is 4. The number of carbonyl (C=O) groups is 1. The van der Waals surface area contributed by atoms with Gasteiger partial charge in [0.25, 0.3) is 0 Å². The van der Waals surface area contributed by atoms with E-state index in [2.05, 4.69) is 25.5 Å². The van der Waals surface area contributed by atoms with E-state index in [0.29, 0.717) is 16.7 Å². The van der Waals surface area contributed by atoms with Gasteiger partial charge in [0.05, 0.1) is 16.3 Å². The molecule has 3 aromatic rings. The number of amides is 1. The SMILES string of the molecule is Cc1nnc(S[C@H](C)C(=O)Nc2ccc3[nH]c(=O)[nH]c3c2)s1. The van der Waals surface area contributed by atoms with Crippen molar-refractivity contribution in [1.82, 2.24) is 20.2 Å². The maximum atomic E-state index is 12.2. The number of aromatic nitrogens is 4. The van der Waals surface area contributed by atoms with Gasteiger partial charge in [0, 0.05) is 5.69 Å². The van der Waals surface area contributed by atoms with Crippen molar-refractivity contribution in [2.24, 2.45) is 0 Å². The molecular formula is C13H13N5O2S2. The molecule has 1 aromatic carbocycles. The zero-order valence-corrected chi connectivity index (χ0v) is 13.5. The van der Waals surface area contributed by atoms with Gasteiger partial charge in [-0.05, 0) is 32.0 Å². The van der Waals surface area contributed by atoms with Crippen molar-refractivity contribution in [3.8, 4) is 0 Å². The fraction of sp³-hybridized carbons (Fsp3) is 0.231. The van der Waals surface area contributed by atoms with Crippen molar-refractivity contribution in [3.05, 3.63) is 33.7 Å². The molecule has 2 heterocycles. The van der Waals surface area contributed by atoms with Crippen LogP contribution in [0.5, 0.6) is 0 Å². The third-order valence-corrected chi connectivity index (χ3v) is 4.96. The number of benzene rings is 1. The highest BCUT2D eigenvalue weighted by molar-refractivity contribution is 8.02. The largest absolute Gasteiger partial charge is 0.325 e. The molecule has 0 saturated carbocycles. The Labute approximate surface area is 133 Å². The maximum Gasteiger partial charge on any atom is 0.323 e. The van der Waals surface area contributed by atoms with Crippen molar-refractivity contribution in [3.63, 3.8) is 0 Å². The van der Waals surface area contributed by atoms with E-state index in [0.717, 1.165) is 9.35 Å². The lowest BCUT2D eigenvalue weighted by molar-refractivity contribution is -0.115. The third kappa shape index (κ3) is 3.20. The molecule has 1 atom stereocenters. The van der Waals surface area contributed by atoms with Gasteiger partial charge in [0.2, 0.25) is 5.91 Å². The summed E-state index contributed by atoms with van der Waals surface area (Å²) in [7, 11) is 0. The number of nitrogens with zero attached hydrogens (tertiary/aromatic N) is 2. The Kier molecular flexibility index (Phi) is 3.99. The van der Waals surface area contributed by atoms with Crippen LogP contribution in [0.1, 0.15) is 11.9 Å². The monoisotopic (exact) mass is 335 g/mol. The van der Waals surface area contributed by atoms with Crippen molar-refractivity contribution in [2.75, 3.05) is 5.32 Å². The van der Waals surface area contributed by atoms with E-state index < -0.39 is 0 Å². The van der Waals surface area contributed by atoms with Crippen molar-refractivity contribution in [2.45, 2.75) is 23.4 Å². The van der Waals surface area contributed by atoms with E-state index in [1.165, 1.54) is 23.1 Å². The van der Waals surface area contributed by atoms with Gasteiger partial charge in [0.15, 0.2) is 4.34 Å². The average molecular weight is 335 g/mol. The average Bonchev–Trinajstić information content (AvgIpc) is 3.03. The fourth-order valence-electron chi connectivity index (χ4n) is 1.88. The van der Waals surface area contributed by atoms with Crippen LogP contribution in [0, 0.1) is 6.92 Å². The van der Waals surface area contributed by atoms with Gasteiger partial charge in [-0.15, -0.1) is 10.2 Å². The summed E-state index contributed by atoms with van der Waals surface area (Å²) >= 11 is 2.83. The van der Waals surface area contributed by atoms with Crippen LogP contribution in [0.4, 0.5) is 5.69 Å². The van der Waals surface area contributed by atoms with Gasteiger partial charge in [-0.3, -0.25) is 4.79 Å². The summed E-state index contributed by atoms with van der Waals surface area (Å²) in [5.74, 6) is -0.130. The number of anilines is 1. The lowest BCUT2D eigenvalue weighted by Crippen LogP contribution is -2.22. The Morgan fingerprint density at radius 1 is 1.32 bits per heavy atom. The molecule has 0 saturated heterocycles. The van der Waals surface area contributed by atoms with Gasteiger partial charge in [0.1, 0.15) is 5.01 Å². The van der Waals surface area contributed by atoms with Crippen LogP contribution in [0.25, 0.3) is 11.0 Å². The summed E-state index contributed by atoms with van der Waals surface area (Å²) in [6.07, 6.45) is 0. The molecule has 0 aliphatic heterocycles. The highest BCUT2D eigenvalue weighted by atomic mass is 32.2. The highest BCUT2D eigenvalue weighted by Crippen LogP contribution is 2.27. The first-order valence-corrected chi connectivity index (χ1v) is 8.20. The fourth-order valence-corrected chi connectivity index (χ4v) is 3.84. The molecule has 2 aromatic heterocycles. The molecular weight excluding hydrogens is 322 g/mol. The Balaban J connectivity index is 1.70. The molecule has 0 aliphatic carbocycles. The summed E-state index contributed by atoms with van der Waals surface area (Å²) < 4.78 is 0.769. The number of hydrogen-bond acceptors (Lipinski definition) is 6. The van der Waals surface area contributed by atoms with E-state index in [4.69, 9.17) is 0 Å². The molecule has 3 N–H and O–H groups in total. The molecule has 3 rings (SSSR count). The number of hydrogen-bond donors (Lipinski definition) is 3. The molecule has 114 valence electrons. The molecule has 0 spiro atoms. The van der Waals surface area contributed by atoms with E-state index in [9.17, 15) is 9.59 Å². The summed E-state index contributed by atoms with van der Waals surface area (Å²) in [4.78, 5) is 28.7. The summed E-state index contributed by atoms with van der Waals surface area (Å²) in [6.45, 7) is 3.69. The molecule has 0 unspecified atom stereocenters. The lowest BCUT2D eigenvalue weighted by Gasteiger charge is -2.10. The van der Waals surface area contributed by atoms with Crippen LogP contribution >= 0.6 is 23.1 Å². The van der Waals surface area contributed by atoms with E-state index in [-0.39, 0.29) is 16.8 Å². The molecule has 0 aliphatic rings. The molecule has 0 bridgehead atoms. The minimum Gasteiger partial charge on any atom is -0.325 e. The van der Waals surface area contributed by atoms with Gasteiger partial charge in [-0.1, -0.05) is 23.1 Å². The molecule has 22 heavy (non-hydrogen) atoms. The summed E-state index contributed by atoms with van der Waals surface area (Å²) in [5, 5.41) is 11.3. The number of aryl methyl sites for hydroxylation is 1. The van der Waals surface area contributed by atoms with Crippen LogP contribution < -0.4 is 11.0 Å². The molecule has 1 amide bonds. The van der Waals surface area contributed by atoms with Crippen LogP contribution in [-0.2, 0) is 4.79 Å². The quantitative estimate of drug-likeness (QED) is 0.634. The van der Waals surface area contributed by atoms with Gasteiger partial charge in [-0.2, -0.15) is 0 Å². The first-order valence-electron chi connectivity index (χ1n) is 6.51. The van der Waals surface area contributed by atoms with E-state index in [1.54, 1.807) is 18.2 Å². The Morgan fingerprint density at radius 2 is 2.09 bits per heavy atom. The van der Waals surface area contributed by atoms with Crippen LogP contribution in [0.2, 0.25) is 0 Å². The normalized spacial score (nSPS) is 12.5. The van der Waals surface area contributed by atoms with Crippen molar-refractivity contribution < 1.29 is 4.79 Å². The number of thioether (sulfide) groups is 1. The molecule has 7 nitrogen and oxygen atoms in total. The highest BCUT2D eigenvalue weighted by Gasteiger charge is 2.17. The Morgan fingerprint density at radius 3 is 2.82 bits per heavy atom. The maximum absolute atomic E-state index is 12.2. The second-order valence-electron chi connectivity index (χ2n) is 4.68. The topological polar surface area (TPSA) is 104 Å². The predicted molar refractivity (Wildman–Crippen MR) is 87.5 cm³/mol. The number of carbonyl (C=O) groups excluding carboxylic acids is 1. The second-order valence-corrected chi connectivity index (χ2v) is 7.45. The van der Waals surface area contributed by atoms with Crippen LogP contribution in [-0.4, -0.2) is 31.3 Å². The van der Waals surface area contributed by atoms with Crippen LogP contribution in [0.3, 0.4) is 0 Å². The van der Waals surface area contributed by atoms with Gasteiger partial charge in [-0.25, -0.2) is 4.79 Å². The minimum atomic E-state index is -0.298. The third-order valence-electron chi connectivity index (χ3n) is 2.94. The van der Waals surface area contributed by atoms with E-state index >= 15 is 0 Å². The van der Waals surface area contributed by atoms with Crippen LogP contribution in [0.15, 0.2) is 27.3 Å². The number of nitrogens with one attached hydrogen (secondary N) is 3. The Hall–Kier alpha value is -2.13. The number of imidazole rings is 1. The van der Waals surface area contributed by atoms with Crippen molar-refractivity contribution >= 4 is 45.7 Å². The zero-order chi connectivity index (χ0) is 15.7. The van der Waals surface area contributed by atoms with Gasteiger partial charge < -0.3 is 15.3 Å². The first kappa shape index (κ1) is 14.8. The first-order chi connectivity index (χ1) is 10.5. The number of aromatic amines is 2. The Bertz CT molecular complexity index is 882. The zero-order valence-electron chi connectivity index (χ0n) is 11.8. The second kappa shape index (κ2) is 5.93. The summed E-state index contributed by atoms with van der Waals surface area (Å²) in [5.41, 5.74) is 1.72. The summed E-state index contributed by atoms with van der Waals surface area (Å²) in [6, 6.07) is 5.21. The lowest BCUT2D eigenvalue weighted by atomic mass is 10.2. The van der Waals surface area contributed by atoms with Crippen molar-refractivity contribution in [1.29, 1.82) is 0 Å². The smallest absolute Gasteiger partial charge is 0.323 e.